The van der Waals surface area contributed by atoms with Crippen LogP contribution in [0.2, 0.25) is 0 Å². The van der Waals surface area contributed by atoms with Crippen molar-refractivity contribution in [1.82, 2.24) is 5.32 Å². The van der Waals surface area contributed by atoms with Crippen molar-refractivity contribution in [2.24, 2.45) is 0 Å². The highest BCUT2D eigenvalue weighted by Crippen LogP contribution is 2.29. The van der Waals surface area contributed by atoms with Crippen LogP contribution in [-0.2, 0) is 17.6 Å². The lowest BCUT2D eigenvalue weighted by Crippen LogP contribution is -2.34. The van der Waals surface area contributed by atoms with Crippen molar-refractivity contribution in [3.8, 4) is 11.5 Å². The summed E-state index contributed by atoms with van der Waals surface area (Å²) in [6.07, 6.45) is 3.33. The fourth-order valence-electron chi connectivity index (χ4n) is 3.29. The Hall–Kier alpha value is -3.02. The van der Waals surface area contributed by atoms with E-state index in [1.165, 1.54) is 24.7 Å². The molecule has 0 unspecified atom stereocenters. The number of hydrogen-bond acceptors (Lipinski definition) is 4. The number of fused-ring (bicyclic) bond motifs is 1. The highest BCUT2D eigenvalue weighted by atomic mass is 16.5. The maximum Gasteiger partial charge on any atom is 0.258 e. The first-order valence-electron chi connectivity index (χ1n) is 9.49. The number of nitrogens with one attached hydrogen (secondary N) is 2. The molecule has 2 amide bonds. The van der Waals surface area contributed by atoms with Gasteiger partial charge in [0.2, 0.25) is 0 Å². The fraction of sp³-hybridized carbons (Fsp3) is 0.364. The van der Waals surface area contributed by atoms with Crippen molar-refractivity contribution in [2.75, 3.05) is 19.0 Å². The van der Waals surface area contributed by atoms with Gasteiger partial charge in [-0.25, -0.2) is 0 Å². The highest BCUT2D eigenvalue weighted by Gasteiger charge is 2.15. The van der Waals surface area contributed by atoms with E-state index in [1.807, 2.05) is 26.0 Å². The number of aryl methyl sites for hydroxylation is 2. The van der Waals surface area contributed by atoms with Crippen LogP contribution in [-0.4, -0.2) is 31.6 Å². The first kappa shape index (κ1) is 19.7. The highest BCUT2D eigenvalue weighted by molar-refractivity contribution is 6.04. The van der Waals surface area contributed by atoms with Crippen LogP contribution in [0.25, 0.3) is 0 Å². The molecule has 1 aliphatic rings. The maximum atomic E-state index is 12.6. The molecule has 0 bridgehead atoms. The summed E-state index contributed by atoms with van der Waals surface area (Å²) >= 11 is 0. The van der Waals surface area contributed by atoms with Gasteiger partial charge in [-0.1, -0.05) is 6.07 Å². The molecule has 0 heterocycles. The Kier molecular flexibility index (Phi) is 6.19. The van der Waals surface area contributed by atoms with E-state index < -0.39 is 0 Å². The smallest absolute Gasteiger partial charge is 0.258 e. The van der Waals surface area contributed by atoms with Crippen LogP contribution < -0.4 is 20.1 Å². The second kappa shape index (κ2) is 8.78. The number of carbonyl (C=O) groups excluding carboxylic acids is 2. The summed E-state index contributed by atoms with van der Waals surface area (Å²) in [4.78, 5) is 24.4. The summed E-state index contributed by atoms with van der Waals surface area (Å²) in [5.74, 6) is 0.380. The van der Waals surface area contributed by atoms with Crippen LogP contribution in [0.1, 0.15) is 41.8 Å². The number of amides is 2. The van der Waals surface area contributed by atoms with Gasteiger partial charge in [0.25, 0.3) is 11.8 Å². The second-order valence-electron chi connectivity index (χ2n) is 7.17. The summed E-state index contributed by atoms with van der Waals surface area (Å²) in [7, 11) is 1.50. The van der Waals surface area contributed by atoms with E-state index in [1.54, 1.807) is 18.2 Å². The predicted octanol–water partition coefficient (Wildman–Crippen LogP) is 3.34. The number of benzene rings is 2. The SMILES string of the molecule is COc1cc(C(=O)Nc2ccc3c(c2)CCC3)ccc1OCC(=O)NC(C)C. The summed E-state index contributed by atoms with van der Waals surface area (Å²) in [6.45, 7) is 3.65. The zero-order valence-electron chi connectivity index (χ0n) is 16.5. The zero-order valence-corrected chi connectivity index (χ0v) is 16.5. The van der Waals surface area contributed by atoms with E-state index >= 15 is 0 Å². The van der Waals surface area contributed by atoms with Gasteiger partial charge in [-0.15, -0.1) is 0 Å². The molecule has 28 heavy (non-hydrogen) atoms. The van der Waals surface area contributed by atoms with Crippen LogP contribution in [0, 0.1) is 0 Å². The molecule has 2 aromatic rings. The monoisotopic (exact) mass is 382 g/mol. The van der Waals surface area contributed by atoms with E-state index in [4.69, 9.17) is 9.47 Å². The molecule has 0 aromatic heterocycles. The molecule has 2 N–H and O–H groups in total. The number of methoxy groups -OCH3 is 1. The topological polar surface area (TPSA) is 76.7 Å². The van der Waals surface area contributed by atoms with Crippen molar-refractivity contribution in [3.05, 3.63) is 53.1 Å². The van der Waals surface area contributed by atoms with Crippen molar-refractivity contribution < 1.29 is 19.1 Å². The molecule has 0 aliphatic heterocycles. The van der Waals surface area contributed by atoms with Gasteiger partial charge in [0.15, 0.2) is 18.1 Å². The maximum absolute atomic E-state index is 12.6. The van der Waals surface area contributed by atoms with Gasteiger partial charge in [0, 0.05) is 17.3 Å². The van der Waals surface area contributed by atoms with E-state index in [9.17, 15) is 9.59 Å². The van der Waals surface area contributed by atoms with Gasteiger partial charge < -0.3 is 20.1 Å². The van der Waals surface area contributed by atoms with Crippen LogP contribution in [0.5, 0.6) is 11.5 Å². The largest absolute Gasteiger partial charge is 0.493 e. The van der Waals surface area contributed by atoms with Gasteiger partial charge in [0.05, 0.1) is 7.11 Å². The molecule has 0 atom stereocenters. The zero-order chi connectivity index (χ0) is 20.1. The average molecular weight is 382 g/mol. The molecule has 0 fully saturated rings. The first-order valence-corrected chi connectivity index (χ1v) is 9.49. The van der Waals surface area contributed by atoms with Crippen LogP contribution in [0.4, 0.5) is 5.69 Å². The van der Waals surface area contributed by atoms with E-state index in [0.29, 0.717) is 17.1 Å². The third kappa shape index (κ3) is 4.82. The Morgan fingerprint density at radius 3 is 2.57 bits per heavy atom. The van der Waals surface area contributed by atoms with Crippen LogP contribution in [0.15, 0.2) is 36.4 Å². The third-order valence-corrected chi connectivity index (χ3v) is 4.59. The molecule has 0 radical (unpaired) electrons. The number of rotatable bonds is 7. The second-order valence-corrected chi connectivity index (χ2v) is 7.17. The van der Waals surface area contributed by atoms with Crippen LogP contribution >= 0.6 is 0 Å². The van der Waals surface area contributed by atoms with Gasteiger partial charge in [0.1, 0.15) is 0 Å². The van der Waals surface area contributed by atoms with Crippen molar-refractivity contribution in [1.29, 1.82) is 0 Å². The normalized spacial score (nSPS) is 12.4. The lowest BCUT2D eigenvalue weighted by molar-refractivity contribution is -0.123. The Morgan fingerprint density at radius 2 is 1.82 bits per heavy atom. The third-order valence-electron chi connectivity index (χ3n) is 4.59. The minimum Gasteiger partial charge on any atom is -0.493 e. The molecule has 2 aromatic carbocycles. The number of carbonyl (C=O) groups is 2. The lowest BCUT2D eigenvalue weighted by atomic mass is 10.1. The minimum absolute atomic E-state index is 0.0447. The Bertz CT molecular complexity index is 877. The molecule has 0 saturated carbocycles. The van der Waals surface area contributed by atoms with E-state index in [-0.39, 0.29) is 24.5 Å². The Morgan fingerprint density at radius 1 is 1.04 bits per heavy atom. The average Bonchev–Trinajstić information content (AvgIpc) is 3.13. The van der Waals surface area contributed by atoms with Crippen LogP contribution in [0.3, 0.4) is 0 Å². The standard InChI is InChI=1S/C22H26N2O4/c1-14(2)23-21(25)13-28-19-10-8-17(12-20(19)27-3)22(26)24-18-9-7-15-5-4-6-16(15)11-18/h7-12,14H,4-6,13H2,1-3H3,(H,23,25)(H,24,26). The molecular weight excluding hydrogens is 356 g/mol. The van der Waals surface area contributed by atoms with Crippen molar-refractivity contribution in [3.63, 3.8) is 0 Å². The van der Waals surface area contributed by atoms with Gasteiger partial charge in [-0.05, 0) is 74.6 Å². The predicted molar refractivity (Wildman–Crippen MR) is 108 cm³/mol. The molecular formula is C22H26N2O4. The van der Waals surface area contributed by atoms with Gasteiger partial charge in [-0.2, -0.15) is 0 Å². The molecule has 6 nitrogen and oxygen atoms in total. The Balaban J connectivity index is 1.67. The quantitative estimate of drug-likeness (QED) is 0.770. The molecule has 3 rings (SSSR count). The van der Waals surface area contributed by atoms with Crippen molar-refractivity contribution >= 4 is 17.5 Å². The molecule has 1 aliphatic carbocycles. The van der Waals surface area contributed by atoms with E-state index in [2.05, 4.69) is 16.7 Å². The summed E-state index contributed by atoms with van der Waals surface area (Å²) in [5, 5.41) is 5.69. The summed E-state index contributed by atoms with van der Waals surface area (Å²) < 4.78 is 10.8. The van der Waals surface area contributed by atoms with Gasteiger partial charge in [-0.3, -0.25) is 9.59 Å². The molecule has 0 saturated heterocycles. The summed E-state index contributed by atoms with van der Waals surface area (Å²) in [6, 6.07) is 11.0. The number of hydrogen-bond donors (Lipinski definition) is 2. The van der Waals surface area contributed by atoms with Gasteiger partial charge >= 0.3 is 0 Å². The molecule has 148 valence electrons. The fourth-order valence-corrected chi connectivity index (χ4v) is 3.29. The molecule has 6 heteroatoms. The first-order chi connectivity index (χ1) is 13.5. The van der Waals surface area contributed by atoms with E-state index in [0.717, 1.165) is 18.5 Å². The number of ether oxygens (including phenoxy) is 2. The molecule has 0 spiro atoms. The lowest BCUT2D eigenvalue weighted by Gasteiger charge is -2.13. The Labute approximate surface area is 165 Å². The number of anilines is 1. The van der Waals surface area contributed by atoms with Crippen molar-refractivity contribution in [2.45, 2.75) is 39.2 Å². The minimum atomic E-state index is -0.222. The summed E-state index contributed by atoms with van der Waals surface area (Å²) in [5.41, 5.74) is 3.91.